The van der Waals surface area contributed by atoms with Crippen LogP contribution in [0.1, 0.15) is 60.6 Å². The predicted octanol–water partition coefficient (Wildman–Crippen LogP) is 3.91. The van der Waals surface area contributed by atoms with Gasteiger partial charge in [0.25, 0.3) is 0 Å². The van der Waals surface area contributed by atoms with Crippen LogP contribution in [-0.2, 0) is 22.4 Å². The van der Waals surface area contributed by atoms with E-state index in [-0.39, 0.29) is 23.4 Å². The maximum atomic E-state index is 12.7. The Balaban J connectivity index is 1.38. The lowest BCUT2D eigenvalue weighted by atomic mass is 9.86. The van der Waals surface area contributed by atoms with Crippen LogP contribution in [0.2, 0.25) is 0 Å². The van der Waals surface area contributed by atoms with Gasteiger partial charge in [0.15, 0.2) is 0 Å². The van der Waals surface area contributed by atoms with Crippen molar-refractivity contribution < 1.29 is 9.59 Å². The quantitative estimate of drug-likeness (QED) is 0.796. The molecule has 1 aliphatic heterocycles. The van der Waals surface area contributed by atoms with Crippen molar-refractivity contribution >= 4 is 23.2 Å². The van der Waals surface area contributed by atoms with Crippen molar-refractivity contribution in [1.29, 1.82) is 0 Å². The molecule has 1 aromatic heterocycles. The molecule has 2 aromatic rings. The normalized spacial score (nSPS) is 24.3. The molecule has 2 aliphatic rings. The molecule has 27 heavy (non-hydrogen) atoms. The number of benzene rings is 1. The van der Waals surface area contributed by atoms with Crippen LogP contribution in [0.5, 0.6) is 0 Å². The summed E-state index contributed by atoms with van der Waals surface area (Å²) in [7, 11) is 0. The second-order valence-electron chi connectivity index (χ2n) is 7.80. The van der Waals surface area contributed by atoms with Gasteiger partial charge >= 0.3 is 0 Å². The largest absolute Gasteiger partial charge is 0.350 e. The van der Waals surface area contributed by atoms with Crippen LogP contribution in [0.25, 0.3) is 0 Å². The van der Waals surface area contributed by atoms with Crippen molar-refractivity contribution in [3.8, 4) is 0 Å². The van der Waals surface area contributed by atoms with E-state index in [2.05, 4.69) is 40.3 Å². The molecule has 1 aromatic carbocycles. The van der Waals surface area contributed by atoms with E-state index in [0.717, 1.165) is 32.1 Å². The van der Waals surface area contributed by atoms with Crippen molar-refractivity contribution in [1.82, 2.24) is 10.6 Å². The van der Waals surface area contributed by atoms with Crippen molar-refractivity contribution in [2.45, 2.75) is 62.9 Å². The van der Waals surface area contributed by atoms with E-state index in [1.807, 2.05) is 12.1 Å². The van der Waals surface area contributed by atoms with E-state index < -0.39 is 0 Å². The summed E-state index contributed by atoms with van der Waals surface area (Å²) in [5, 5.41) is 8.47. The number of hydrogen-bond donors (Lipinski definition) is 2. The number of thiophene rings is 1. The van der Waals surface area contributed by atoms with Crippen LogP contribution >= 0.6 is 11.3 Å². The molecule has 4 rings (SSSR count). The number of carbonyl (C=O) groups is 2. The van der Waals surface area contributed by atoms with Gasteiger partial charge in [0, 0.05) is 29.7 Å². The molecule has 0 spiro atoms. The van der Waals surface area contributed by atoms with E-state index >= 15 is 0 Å². The van der Waals surface area contributed by atoms with Gasteiger partial charge in [0.2, 0.25) is 11.8 Å². The van der Waals surface area contributed by atoms with Crippen LogP contribution in [0, 0.1) is 0 Å². The minimum atomic E-state index is -0.274. The van der Waals surface area contributed by atoms with Crippen molar-refractivity contribution in [3.05, 3.63) is 57.8 Å². The molecule has 0 unspecified atom stereocenters. The Bertz CT molecular complexity index is 817. The molecule has 4 nitrogen and oxygen atoms in total. The summed E-state index contributed by atoms with van der Waals surface area (Å²) in [5.74, 6) is 0.191. The van der Waals surface area contributed by atoms with E-state index in [4.69, 9.17) is 0 Å². The maximum absolute atomic E-state index is 12.7. The molecule has 1 fully saturated rings. The number of rotatable bonds is 6. The summed E-state index contributed by atoms with van der Waals surface area (Å²) >= 11 is 1.71. The van der Waals surface area contributed by atoms with Crippen LogP contribution in [0.15, 0.2) is 41.8 Å². The van der Waals surface area contributed by atoms with Crippen LogP contribution in [0.3, 0.4) is 0 Å². The molecule has 2 heterocycles. The first-order valence-corrected chi connectivity index (χ1v) is 10.7. The lowest BCUT2D eigenvalue weighted by molar-refractivity contribution is -0.123. The first-order chi connectivity index (χ1) is 13.1. The molecule has 1 aliphatic carbocycles. The summed E-state index contributed by atoms with van der Waals surface area (Å²) in [5.41, 5.74) is 2.34. The summed E-state index contributed by atoms with van der Waals surface area (Å²) in [6.45, 7) is 0. The van der Waals surface area contributed by atoms with Gasteiger partial charge in [-0.15, -0.1) is 11.3 Å². The number of aryl methyl sites for hydroxylation is 1. The second-order valence-corrected chi connectivity index (χ2v) is 8.83. The van der Waals surface area contributed by atoms with Gasteiger partial charge in [-0.1, -0.05) is 30.3 Å². The smallest absolute Gasteiger partial charge is 0.220 e. The molecule has 0 radical (unpaired) electrons. The highest BCUT2D eigenvalue weighted by Crippen LogP contribution is 2.32. The highest BCUT2D eigenvalue weighted by Gasteiger charge is 2.38. The predicted molar refractivity (Wildman–Crippen MR) is 108 cm³/mol. The van der Waals surface area contributed by atoms with Gasteiger partial charge < -0.3 is 10.6 Å². The Morgan fingerprint density at radius 2 is 2.11 bits per heavy atom. The molecule has 1 saturated heterocycles. The third-order valence-corrected chi connectivity index (χ3v) is 6.74. The van der Waals surface area contributed by atoms with Crippen molar-refractivity contribution in [2.75, 3.05) is 0 Å². The summed E-state index contributed by atoms with van der Waals surface area (Å²) in [6, 6.07) is 12.7. The molecule has 2 N–H and O–H groups in total. The zero-order valence-electron chi connectivity index (χ0n) is 15.5. The van der Waals surface area contributed by atoms with Crippen LogP contribution in [0.4, 0.5) is 0 Å². The van der Waals surface area contributed by atoms with Gasteiger partial charge in [-0.25, -0.2) is 0 Å². The van der Waals surface area contributed by atoms with E-state index in [0.29, 0.717) is 19.3 Å². The first kappa shape index (κ1) is 18.2. The van der Waals surface area contributed by atoms with Gasteiger partial charge in [0.1, 0.15) is 0 Å². The Hall–Kier alpha value is -2.14. The summed E-state index contributed by atoms with van der Waals surface area (Å²) < 4.78 is 0. The van der Waals surface area contributed by atoms with Gasteiger partial charge in [-0.05, 0) is 54.7 Å². The standard InChI is InChI=1S/C22H26N2O2S/c25-20(23-19-9-3-6-16-5-1-2-8-18(16)19)10-12-22(13-11-21(26)24-22)15-17-7-4-14-27-17/h1-2,4-5,7-8,14,19H,3,6,9-13,15H2,(H,23,25)(H,24,26)/t19-,22+/m0/s1. The van der Waals surface area contributed by atoms with E-state index in [9.17, 15) is 9.59 Å². The SMILES string of the molecule is O=C(CC[C@]1(Cc2cccs2)CCC(=O)N1)N[C@H]1CCCc2ccccc21. The zero-order valence-corrected chi connectivity index (χ0v) is 16.3. The Morgan fingerprint density at radius 3 is 2.89 bits per heavy atom. The Kier molecular flexibility index (Phi) is 5.30. The third kappa shape index (κ3) is 4.24. The van der Waals surface area contributed by atoms with Crippen molar-refractivity contribution in [3.63, 3.8) is 0 Å². The monoisotopic (exact) mass is 382 g/mol. The number of carbonyl (C=O) groups excluding carboxylic acids is 2. The fraction of sp³-hybridized carbons (Fsp3) is 0.455. The van der Waals surface area contributed by atoms with Gasteiger partial charge in [-0.2, -0.15) is 0 Å². The summed E-state index contributed by atoms with van der Waals surface area (Å²) in [4.78, 5) is 25.8. The van der Waals surface area contributed by atoms with Crippen LogP contribution < -0.4 is 10.6 Å². The second kappa shape index (κ2) is 7.85. The zero-order chi connectivity index (χ0) is 18.7. The molecule has 142 valence electrons. The molecule has 2 atom stereocenters. The molecule has 5 heteroatoms. The Morgan fingerprint density at radius 1 is 1.22 bits per heavy atom. The van der Waals surface area contributed by atoms with E-state index in [1.54, 1.807) is 11.3 Å². The lowest BCUT2D eigenvalue weighted by Gasteiger charge is -2.30. The average Bonchev–Trinajstić information content (AvgIpc) is 3.31. The first-order valence-electron chi connectivity index (χ1n) is 9.84. The van der Waals surface area contributed by atoms with E-state index in [1.165, 1.54) is 16.0 Å². The third-order valence-electron chi connectivity index (χ3n) is 5.86. The number of amides is 2. The summed E-state index contributed by atoms with van der Waals surface area (Å²) in [6.07, 6.45) is 6.53. The lowest BCUT2D eigenvalue weighted by Crippen LogP contribution is -2.44. The topological polar surface area (TPSA) is 58.2 Å². The van der Waals surface area contributed by atoms with Gasteiger partial charge in [0.05, 0.1) is 6.04 Å². The molecule has 0 saturated carbocycles. The minimum Gasteiger partial charge on any atom is -0.350 e. The fourth-order valence-corrected chi connectivity index (χ4v) is 5.30. The van der Waals surface area contributed by atoms with Crippen molar-refractivity contribution in [2.24, 2.45) is 0 Å². The molecule has 2 amide bonds. The number of hydrogen-bond acceptors (Lipinski definition) is 3. The van der Waals surface area contributed by atoms with Gasteiger partial charge in [-0.3, -0.25) is 9.59 Å². The number of nitrogens with one attached hydrogen (secondary N) is 2. The van der Waals surface area contributed by atoms with Crippen LogP contribution in [-0.4, -0.2) is 17.4 Å². The minimum absolute atomic E-state index is 0.0865. The number of fused-ring (bicyclic) bond motifs is 1. The highest BCUT2D eigenvalue weighted by atomic mass is 32.1. The molecular weight excluding hydrogens is 356 g/mol. The Labute approximate surface area is 164 Å². The maximum Gasteiger partial charge on any atom is 0.220 e. The average molecular weight is 383 g/mol. The highest BCUT2D eigenvalue weighted by molar-refractivity contribution is 7.09. The molecular formula is C22H26N2O2S. The fourth-order valence-electron chi connectivity index (χ4n) is 4.45. The molecule has 0 bridgehead atoms.